The summed E-state index contributed by atoms with van der Waals surface area (Å²) in [6.45, 7) is 0. The second kappa shape index (κ2) is 18.9. The van der Waals surface area contributed by atoms with Crippen LogP contribution in [0.1, 0.15) is 0 Å². The summed E-state index contributed by atoms with van der Waals surface area (Å²) in [6, 6.07) is 35.0. The number of benzene rings is 3. The van der Waals surface area contributed by atoms with E-state index in [2.05, 4.69) is 0 Å². The first kappa shape index (κ1) is 27.3. The molecule has 0 aliphatic carbocycles. The van der Waals surface area contributed by atoms with Gasteiger partial charge in [0.1, 0.15) is 0 Å². The van der Waals surface area contributed by atoms with Gasteiger partial charge in [-0.1, -0.05) is 91.0 Å². The summed E-state index contributed by atoms with van der Waals surface area (Å²) >= 11 is 0. The molecule has 4 aromatic rings. The van der Waals surface area contributed by atoms with Gasteiger partial charge in [0.25, 0.3) is 0 Å². The van der Waals surface area contributed by atoms with E-state index in [0.717, 1.165) is 0 Å². The third-order valence-corrected chi connectivity index (χ3v) is 2.79. The van der Waals surface area contributed by atoms with Crippen LogP contribution < -0.4 is 15.3 Å². The van der Waals surface area contributed by atoms with Crippen LogP contribution in [0.2, 0.25) is 0 Å². The maximum Gasteiger partial charge on any atom is 3.00 e. The predicted octanol–water partition coefficient (Wildman–Crippen LogP) is 4.13. The molecule has 0 aromatic heterocycles. The molecule has 0 fully saturated rings. The largest absolute Gasteiger partial charge is 3.00 e. The normalized spacial score (nSPS) is 7.86. The van der Waals surface area contributed by atoms with Gasteiger partial charge in [-0.15, -0.1) is 17.2 Å². The summed E-state index contributed by atoms with van der Waals surface area (Å²) in [6.07, 6.45) is 0. The summed E-state index contributed by atoms with van der Waals surface area (Å²) in [5.41, 5.74) is 0. The van der Waals surface area contributed by atoms with Crippen molar-refractivity contribution >= 4 is 0 Å². The van der Waals surface area contributed by atoms with Gasteiger partial charge < -0.3 is 22.7 Å². The van der Waals surface area contributed by atoms with Crippen molar-refractivity contribution in [3.63, 3.8) is 0 Å². The monoisotopic (exact) mass is 407 g/mol. The Morgan fingerprint density at radius 2 is 0.679 bits per heavy atom. The fourth-order valence-corrected chi connectivity index (χ4v) is 1.58. The van der Waals surface area contributed by atoms with Gasteiger partial charge in [-0.3, -0.25) is 0 Å². The number of rotatable bonds is 0. The molecule has 0 N–H and O–H groups in total. The van der Waals surface area contributed by atoms with Gasteiger partial charge in [0.15, 0.2) is 0 Å². The van der Waals surface area contributed by atoms with E-state index in [1.165, 1.54) is 36.4 Å². The van der Waals surface area contributed by atoms with Gasteiger partial charge in [0.2, 0.25) is 0 Å². The summed E-state index contributed by atoms with van der Waals surface area (Å²) in [5, 5.41) is 30.8. The van der Waals surface area contributed by atoms with Gasteiger partial charge in [-0.2, -0.15) is 18.2 Å². The Morgan fingerprint density at radius 3 is 0.786 bits per heavy atom. The smallest absolute Gasteiger partial charge is 0.872 e. The minimum Gasteiger partial charge on any atom is -0.872 e. The average molecular weight is 407 g/mol. The van der Waals surface area contributed by atoms with Gasteiger partial charge in [-0.25, -0.2) is 12.1 Å². The molecular weight excluding hydrogens is 384 g/mol. The van der Waals surface area contributed by atoms with Gasteiger partial charge >= 0.3 is 21.7 Å². The average Bonchev–Trinajstić information content (AvgIpc) is 3.25. The van der Waals surface area contributed by atoms with E-state index in [9.17, 15) is 15.3 Å². The Morgan fingerprint density at radius 1 is 0.429 bits per heavy atom. The van der Waals surface area contributed by atoms with Crippen molar-refractivity contribution < 1.29 is 37.0 Å². The van der Waals surface area contributed by atoms with Crippen LogP contribution in [0.4, 0.5) is 0 Å². The van der Waals surface area contributed by atoms with E-state index < -0.39 is 0 Å². The molecule has 0 atom stereocenters. The zero-order chi connectivity index (χ0) is 18.9. The van der Waals surface area contributed by atoms with Crippen molar-refractivity contribution in [2.24, 2.45) is 0 Å². The molecule has 0 amide bonds. The van der Waals surface area contributed by atoms with E-state index >= 15 is 0 Å². The van der Waals surface area contributed by atoms with Crippen LogP contribution >= 0.6 is 0 Å². The number of hydrogen-bond acceptors (Lipinski definition) is 3. The Bertz CT molecular complexity index is 652. The summed E-state index contributed by atoms with van der Waals surface area (Å²) in [5.74, 6) is 0.215. The number of para-hydroxylation sites is 3. The first-order valence-electron chi connectivity index (χ1n) is 8.01. The number of hydrogen-bond donors (Lipinski definition) is 0. The third-order valence-electron chi connectivity index (χ3n) is 2.79. The molecule has 4 rings (SSSR count). The molecular formula is C24H23O3Ti-2. The maximum atomic E-state index is 10.3. The molecule has 0 heterocycles. The summed E-state index contributed by atoms with van der Waals surface area (Å²) in [4.78, 5) is 0. The van der Waals surface area contributed by atoms with Crippen molar-refractivity contribution in [2.75, 3.05) is 0 Å². The molecule has 0 unspecified atom stereocenters. The topological polar surface area (TPSA) is 69.2 Å². The van der Waals surface area contributed by atoms with Gasteiger partial charge in [-0.05, 0) is 0 Å². The molecule has 0 bridgehead atoms. The first-order valence-corrected chi connectivity index (χ1v) is 8.01. The molecule has 0 saturated carbocycles. The van der Waals surface area contributed by atoms with Crippen LogP contribution in [0.3, 0.4) is 0 Å². The molecule has 1 radical (unpaired) electrons. The van der Waals surface area contributed by atoms with Crippen molar-refractivity contribution in [3.05, 3.63) is 129 Å². The zero-order valence-corrected chi connectivity index (χ0v) is 17.3. The summed E-state index contributed by atoms with van der Waals surface area (Å²) in [7, 11) is 0. The molecule has 4 heteroatoms. The molecule has 4 aromatic carbocycles. The maximum absolute atomic E-state index is 10.3. The fraction of sp³-hybridized carbons (Fsp3) is 0. The van der Waals surface area contributed by atoms with E-state index in [0.29, 0.717) is 0 Å². The Hall–Kier alpha value is -2.88. The molecule has 3 nitrogen and oxygen atoms in total. The van der Waals surface area contributed by atoms with Gasteiger partial charge in [0.05, 0.1) is 0 Å². The van der Waals surface area contributed by atoms with E-state index in [4.69, 9.17) is 0 Å². The fourth-order valence-electron chi connectivity index (χ4n) is 1.58. The Labute approximate surface area is 182 Å². The van der Waals surface area contributed by atoms with E-state index in [-0.39, 0.29) is 46.4 Å². The van der Waals surface area contributed by atoms with Crippen molar-refractivity contribution in [1.82, 2.24) is 0 Å². The molecule has 0 spiro atoms. The van der Waals surface area contributed by atoms with Crippen LogP contribution in [-0.4, -0.2) is 0 Å². The Balaban J connectivity index is 0. The van der Waals surface area contributed by atoms with Crippen molar-refractivity contribution in [3.8, 4) is 17.2 Å². The molecule has 28 heavy (non-hydrogen) atoms. The first-order chi connectivity index (χ1) is 12.7. The van der Waals surface area contributed by atoms with Crippen LogP contribution in [0.5, 0.6) is 17.2 Å². The summed E-state index contributed by atoms with van der Waals surface area (Å²) < 4.78 is 0. The van der Waals surface area contributed by atoms with Crippen LogP contribution in [0, 0.1) is 7.43 Å². The molecule has 0 aliphatic heterocycles. The van der Waals surface area contributed by atoms with E-state index in [1.54, 1.807) is 36.4 Å². The van der Waals surface area contributed by atoms with Crippen molar-refractivity contribution in [2.45, 2.75) is 0 Å². The zero-order valence-electron chi connectivity index (χ0n) is 15.8. The second-order valence-electron chi connectivity index (χ2n) is 4.90. The predicted molar refractivity (Wildman–Crippen MR) is 106 cm³/mol. The molecule has 0 saturated heterocycles. The minimum absolute atomic E-state index is 0. The Kier molecular flexibility index (Phi) is 18.5. The minimum atomic E-state index is 0. The van der Waals surface area contributed by atoms with Crippen molar-refractivity contribution in [1.29, 1.82) is 0 Å². The quantitative estimate of drug-likeness (QED) is 0.325. The van der Waals surface area contributed by atoms with Gasteiger partial charge in [0, 0.05) is 0 Å². The van der Waals surface area contributed by atoms with E-state index in [1.807, 2.05) is 48.5 Å². The SMILES string of the molecule is [CH3-].[O-]c1ccccc1.[O-]c1ccccc1.[O-]c1ccccc1.[Ti+3].c1cc[cH-]c1. The van der Waals surface area contributed by atoms with Crippen LogP contribution in [0.15, 0.2) is 121 Å². The van der Waals surface area contributed by atoms with Crippen LogP contribution in [-0.2, 0) is 21.7 Å². The van der Waals surface area contributed by atoms with Crippen LogP contribution in [0.25, 0.3) is 0 Å². The third kappa shape index (κ3) is 16.6. The molecule has 143 valence electrons. The standard InChI is InChI=1S/3C6H6O.C5H5.CH3.Ti/c3*7-6-4-2-1-3-5-6;1-2-4-5-3-1;;/h3*1-5,7H;1-5H;1H3;/q;;;2*-1;+3/p-3. The molecule has 0 aliphatic rings. The second-order valence-corrected chi connectivity index (χ2v) is 4.90.